The van der Waals surface area contributed by atoms with Gasteiger partial charge in [-0.1, -0.05) is 6.92 Å². The molecule has 1 fully saturated rings. The second-order valence-electron chi connectivity index (χ2n) is 4.53. The van der Waals surface area contributed by atoms with Crippen molar-refractivity contribution >= 4 is 0 Å². The van der Waals surface area contributed by atoms with Crippen LogP contribution in [-0.2, 0) is 0 Å². The molecule has 0 radical (unpaired) electrons. The zero-order valence-electron chi connectivity index (χ0n) is 10.3. The van der Waals surface area contributed by atoms with Gasteiger partial charge in [0.15, 0.2) is 0 Å². The summed E-state index contributed by atoms with van der Waals surface area (Å²) in [6.07, 6.45) is 0. The Hall–Kier alpha value is -1.22. The molecule has 0 spiro atoms. The molecule has 1 aromatic carbocycles. The number of benzene rings is 1. The molecular weight excluding hydrogens is 202 g/mol. The molecule has 1 saturated carbocycles. The third-order valence-electron chi connectivity index (χ3n) is 3.55. The number of rotatable bonds is 3. The van der Waals surface area contributed by atoms with Crippen molar-refractivity contribution in [1.29, 1.82) is 0 Å². The Morgan fingerprint density at radius 1 is 1.12 bits per heavy atom. The summed E-state index contributed by atoms with van der Waals surface area (Å²) in [6, 6.07) is 4.33. The Labute approximate surface area is 96.5 Å². The van der Waals surface area contributed by atoms with Gasteiger partial charge in [0, 0.05) is 17.5 Å². The molecule has 3 nitrogen and oxygen atoms in total. The normalized spacial score (nSPS) is 27.7. The van der Waals surface area contributed by atoms with E-state index in [1.54, 1.807) is 14.2 Å². The first kappa shape index (κ1) is 11.3. The standard InChI is InChI=1S/C13H19NO2/c1-7-5-11(16-4)9(6-10(7)15-3)12-8(2)13(12)14/h5-6,8,12-13H,14H2,1-4H3/t8-,12+,13-/m1/s1. The molecule has 16 heavy (non-hydrogen) atoms. The molecule has 1 aliphatic rings. The monoisotopic (exact) mass is 221 g/mol. The van der Waals surface area contributed by atoms with Crippen LogP contribution >= 0.6 is 0 Å². The van der Waals surface area contributed by atoms with Crippen LogP contribution in [0.15, 0.2) is 12.1 Å². The molecule has 3 heteroatoms. The van der Waals surface area contributed by atoms with Gasteiger partial charge in [0.25, 0.3) is 0 Å². The van der Waals surface area contributed by atoms with Crippen molar-refractivity contribution in [3.05, 3.63) is 23.3 Å². The molecule has 0 amide bonds. The number of nitrogens with two attached hydrogens (primary N) is 1. The highest BCUT2D eigenvalue weighted by atomic mass is 16.5. The van der Waals surface area contributed by atoms with E-state index in [1.165, 1.54) is 5.56 Å². The van der Waals surface area contributed by atoms with Crippen LogP contribution in [0.5, 0.6) is 11.5 Å². The summed E-state index contributed by atoms with van der Waals surface area (Å²) in [5.41, 5.74) is 8.26. The van der Waals surface area contributed by atoms with E-state index in [4.69, 9.17) is 15.2 Å². The van der Waals surface area contributed by atoms with E-state index < -0.39 is 0 Å². The maximum Gasteiger partial charge on any atom is 0.122 e. The van der Waals surface area contributed by atoms with Crippen molar-refractivity contribution in [2.45, 2.75) is 25.8 Å². The predicted molar refractivity (Wildman–Crippen MR) is 64.2 cm³/mol. The number of methoxy groups -OCH3 is 2. The van der Waals surface area contributed by atoms with Crippen LogP contribution in [0.4, 0.5) is 0 Å². The lowest BCUT2D eigenvalue weighted by Gasteiger charge is -2.12. The van der Waals surface area contributed by atoms with Crippen molar-refractivity contribution < 1.29 is 9.47 Å². The van der Waals surface area contributed by atoms with Gasteiger partial charge < -0.3 is 15.2 Å². The van der Waals surface area contributed by atoms with Crippen LogP contribution < -0.4 is 15.2 Å². The highest BCUT2D eigenvalue weighted by Gasteiger charge is 2.46. The Morgan fingerprint density at radius 3 is 2.12 bits per heavy atom. The second kappa shape index (κ2) is 3.98. The van der Waals surface area contributed by atoms with Crippen LogP contribution in [0, 0.1) is 12.8 Å². The smallest absolute Gasteiger partial charge is 0.122 e. The van der Waals surface area contributed by atoms with Crippen LogP contribution in [-0.4, -0.2) is 20.3 Å². The van der Waals surface area contributed by atoms with Crippen LogP contribution in [0.25, 0.3) is 0 Å². The average molecular weight is 221 g/mol. The van der Waals surface area contributed by atoms with Crippen molar-refractivity contribution in [1.82, 2.24) is 0 Å². The number of ether oxygens (including phenoxy) is 2. The maximum atomic E-state index is 6.00. The lowest BCUT2D eigenvalue weighted by Crippen LogP contribution is -2.03. The zero-order chi connectivity index (χ0) is 11.9. The second-order valence-corrected chi connectivity index (χ2v) is 4.53. The van der Waals surface area contributed by atoms with Crippen molar-refractivity contribution in [2.24, 2.45) is 11.7 Å². The van der Waals surface area contributed by atoms with Crippen molar-refractivity contribution in [2.75, 3.05) is 14.2 Å². The summed E-state index contributed by atoms with van der Waals surface area (Å²) in [7, 11) is 3.39. The molecule has 88 valence electrons. The summed E-state index contributed by atoms with van der Waals surface area (Å²) in [6.45, 7) is 4.18. The first-order valence-electron chi connectivity index (χ1n) is 5.58. The summed E-state index contributed by atoms with van der Waals surface area (Å²) in [5.74, 6) is 2.76. The van der Waals surface area contributed by atoms with Gasteiger partial charge in [0.05, 0.1) is 14.2 Å². The van der Waals surface area contributed by atoms with Gasteiger partial charge >= 0.3 is 0 Å². The van der Waals surface area contributed by atoms with Gasteiger partial charge in [-0.3, -0.25) is 0 Å². The number of aryl methyl sites for hydroxylation is 1. The van der Waals surface area contributed by atoms with Crippen molar-refractivity contribution in [3.8, 4) is 11.5 Å². The average Bonchev–Trinajstić information content (AvgIpc) is 2.86. The van der Waals surface area contributed by atoms with E-state index in [2.05, 4.69) is 13.0 Å². The molecule has 0 bridgehead atoms. The first-order chi connectivity index (χ1) is 7.60. The van der Waals surface area contributed by atoms with Crippen LogP contribution in [0.3, 0.4) is 0 Å². The zero-order valence-corrected chi connectivity index (χ0v) is 10.3. The van der Waals surface area contributed by atoms with E-state index in [-0.39, 0.29) is 6.04 Å². The fourth-order valence-corrected chi connectivity index (χ4v) is 2.32. The minimum absolute atomic E-state index is 0.251. The fourth-order valence-electron chi connectivity index (χ4n) is 2.32. The lowest BCUT2D eigenvalue weighted by atomic mass is 10.0. The first-order valence-corrected chi connectivity index (χ1v) is 5.58. The molecule has 0 heterocycles. The van der Waals surface area contributed by atoms with Crippen LogP contribution in [0.2, 0.25) is 0 Å². The number of hydrogen-bond donors (Lipinski definition) is 1. The van der Waals surface area contributed by atoms with E-state index in [1.807, 2.05) is 13.0 Å². The van der Waals surface area contributed by atoms with E-state index in [0.717, 1.165) is 17.1 Å². The third kappa shape index (κ3) is 1.65. The summed E-state index contributed by atoms with van der Waals surface area (Å²) in [5, 5.41) is 0. The predicted octanol–water partition coefficient (Wildman–Crippen LogP) is 2.07. The van der Waals surface area contributed by atoms with Gasteiger partial charge in [-0.25, -0.2) is 0 Å². The Balaban J connectivity index is 2.43. The highest BCUT2D eigenvalue weighted by Crippen LogP contribution is 2.50. The largest absolute Gasteiger partial charge is 0.496 e. The van der Waals surface area contributed by atoms with E-state index in [9.17, 15) is 0 Å². The summed E-state index contributed by atoms with van der Waals surface area (Å²) in [4.78, 5) is 0. The molecule has 0 unspecified atom stereocenters. The maximum absolute atomic E-state index is 6.00. The molecule has 0 aromatic heterocycles. The quantitative estimate of drug-likeness (QED) is 0.849. The SMILES string of the molecule is COc1cc([C@@H]2[C@@H](C)[C@H]2N)c(OC)cc1C. The van der Waals surface area contributed by atoms with E-state index in [0.29, 0.717) is 11.8 Å². The fraction of sp³-hybridized carbons (Fsp3) is 0.538. The van der Waals surface area contributed by atoms with Gasteiger partial charge in [-0.2, -0.15) is 0 Å². The van der Waals surface area contributed by atoms with Crippen LogP contribution in [0.1, 0.15) is 24.0 Å². The van der Waals surface area contributed by atoms with Gasteiger partial charge in [0.2, 0.25) is 0 Å². The molecule has 3 atom stereocenters. The minimum atomic E-state index is 0.251. The van der Waals surface area contributed by atoms with Gasteiger partial charge in [-0.15, -0.1) is 0 Å². The minimum Gasteiger partial charge on any atom is -0.496 e. The van der Waals surface area contributed by atoms with Crippen molar-refractivity contribution in [3.63, 3.8) is 0 Å². The van der Waals surface area contributed by atoms with E-state index >= 15 is 0 Å². The molecule has 0 aliphatic heterocycles. The topological polar surface area (TPSA) is 44.5 Å². The Kier molecular flexibility index (Phi) is 2.80. The summed E-state index contributed by atoms with van der Waals surface area (Å²) < 4.78 is 10.7. The van der Waals surface area contributed by atoms with Gasteiger partial charge in [-0.05, 0) is 30.5 Å². The lowest BCUT2D eigenvalue weighted by molar-refractivity contribution is 0.396. The molecule has 2 N–H and O–H groups in total. The van der Waals surface area contributed by atoms with Gasteiger partial charge in [0.1, 0.15) is 11.5 Å². The molecule has 0 saturated heterocycles. The molecular formula is C13H19NO2. The molecule has 1 aromatic rings. The molecule has 2 rings (SSSR count). The Morgan fingerprint density at radius 2 is 1.69 bits per heavy atom. The summed E-state index contributed by atoms with van der Waals surface area (Å²) >= 11 is 0. The molecule has 1 aliphatic carbocycles. The third-order valence-corrected chi connectivity index (χ3v) is 3.55. The highest BCUT2D eigenvalue weighted by molar-refractivity contribution is 5.50. The number of hydrogen-bond acceptors (Lipinski definition) is 3. The Bertz CT molecular complexity index is 395.